The predicted molar refractivity (Wildman–Crippen MR) is 72.4 cm³/mol. The smallest absolute Gasteiger partial charge is 0.320 e. The van der Waals surface area contributed by atoms with Gasteiger partial charge in [-0.25, -0.2) is 0 Å². The Kier molecular flexibility index (Phi) is 3.41. The van der Waals surface area contributed by atoms with E-state index in [4.69, 9.17) is 4.74 Å². The van der Waals surface area contributed by atoms with Crippen LogP contribution in [0.25, 0.3) is 0 Å². The minimum absolute atomic E-state index is 0.0332. The topological polar surface area (TPSA) is 26.3 Å². The maximum absolute atomic E-state index is 12.0. The Morgan fingerprint density at radius 2 is 2.00 bits per heavy atom. The molecule has 0 N–H and O–H groups in total. The Labute approximate surface area is 111 Å². The molecule has 0 amide bonds. The second-order valence-electron chi connectivity index (χ2n) is 4.78. The molecule has 0 radical (unpaired) electrons. The molecule has 1 aromatic rings. The average molecular weight is 260 g/mol. The summed E-state index contributed by atoms with van der Waals surface area (Å²) < 4.78 is 5.53. The quantitative estimate of drug-likeness (QED) is 0.602. The number of hydrogen-bond acceptors (Lipinski definition) is 3. The van der Waals surface area contributed by atoms with Gasteiger partial charge in [-0.2, -0.15) is 0 Å². The summed E-state index contributed by atoms with van der Waals surface area (Å²) in [4.78, 5) is 13.1. The Morgan fingerprint density at radius 3 is 2.83 bits per heavy atom. The zero-order chi connectivity index (χ0) is 12.4. The number of thioether (sulfide) groups is 1. The lowest BCUT2D eigenvalue weighted by atomic mass is 9.96. The van der Waals surface area contributed by atoms with E-state index in [0.717, 1.165) is 24.2 Å². The first kappa shape index (κ1) is 11.8. The fraction of sp³-hybridized carbons (Fsp3) is 0.400. The van der Waals surface area contributed by atoms with E-state index in [9.17, 15) is 4.79 Å². The third-order valence-corrected chi connectivity index (χ3v) is 4.91. The molecule has 0 spiro atoms. The molecule has 0 aromatic heterocycles. The van der Waals surface area contributed by atoms with Crippen molar-refractivity contribution in [2.24, 2.45) is 5.92 Å². The van der Waals surface area contributed by atoms with Crippen molar-refractivity contribution in [2.45, 2.75) is 35.5 Å². The molecule has 94 valence electrons. The van der Waals surface area contributed by atoms with Gasteiger partial charge in [-0.05, 0) is 31.4 Å². The second kappa shape index (κ2) is 5.19. The molecular formula is C15H16O2S. The third-order valence-electron chi connectivity index (χ3n) is 3.57. The number of hydrogen-bond donors (Lipinski definition) is 0. The van der Waals surface area contributed by atoms with Gasteiger partial charge in [-0.15, -0.1) is 11.8 Å². The molecule has 0 unspecified atom stereocenters. The first-order chi connectivity index (χ1) is 8.84. The minimum atomic E-state index is -0.0415. The Bertz CT molecular complexity index is 455. The summed E-state index contributed by atoms with van der Waals surface area (Å²) in [7, 11) is 0. The van der Waals surface area contributed by atoms with Crippen LogP contribution in [0, 0.1) is 5.92 Å². The van der Waals surface area contributed by atoms with E-state index < -0.39 is 0 Å². The van der Waals surface area contributed by atoms with Crippen LogP contribution in [0.3, 0.4) is 0 Å². The number of ether oxygens (including phenoxy) is 1. The summed E-state index contributed by atoms with van der Waals surface area (Å²) in [6.45, 7) is 0. The van der Waals surface area contributed by atoms with E-state index >= 15 is 0 Å². The molecule has 0 saturated carbocycles. The highest BCUT2D eigenvalue weighted by molar-refractivity contribution is 8.00. The zero-order valence-electron chi connectivity index (χ0n) is 10.1. The van der Waals surface area contributed by atoms with Gasteiger partial charge in [0.2, 0.25) is 0 Å². The fourth-order valence-electron chi connectivity index (χ4n) is 2.63. The highest BCUT2D eigenvalue weighted by Gasteiger charge is 2.44. The van der Waals surface area contributed by atoms with Gasteiger partial charge in [-0.1, -0.05) is 30.4 Å². The van der Waals surface area contributed by atoms with Crippen LogP contribution in [0.15, 0.2) is 47.4 Å². The van der Waals surface area contributed by atoms with E-state index in [-0.39, 0.29) is 17.3 Å². The molecule has 1 fully saturated rings. The van der Waals surface area contributed by atoms with Crippen LogP contribution in [0.4, 0.5) is 0 Å². The van der Waals surface area contributed by atoms with Crippen molar-refractivity contribution in [2.75, 3.05) is 0 Å². The van der Waals surface area contributed by atoms with Crippen LogP contribution in [-0.2, 0) is 9.53 Å². The van der Waals surface area contributed by atoms with Crippen LogP contribution < -0.4 is 0 Å². The highest BCUT2D eigenvalue weighted by atomic mass is 32.2. The van der Waals surface area contributed by atoms with Gasteiger partial charge in [0.25, 0.3) is 0 Å². The van der Waals surface area contributed by atoms with Crippen molar-refractivity contribution >= 4 is 17.7 Å². The average Bonchev–Trinajstić information content (AvgIpc) is 2.56. The molecule has 2 aliphatic rings. The van der Waals surface area contributed by atoms with Gasteiger partial charge in [-0.3, -0.25) is 4.79 Å². The maximum Gasteiger partial charge on any atom is 0.320 e. The first-order valence-electron chi connectivity index (χ1n) is 6.42. The molecule has 18 heavy (non-hydrogen) atoms. The van der Waals surface area contributed by atoms with Crippen molar-refractivity contribution in [3.8, 4) is 0 Å². The summed E-state index contributed by atoms with van der Waals surface area (Å²) in [5.74, 6) is 0.301. The number of esters is 1. The normalized spacial score (nSPS) is 30.7. The van der Waals surface area contributed by atoms with Crippen molar-refractivity contribution in [3.63, 3.8) is 0 Å². The van der Waals surface area contributed by atoms with Crippen LogP contribution in [0.5, 0.6) is 0 Å². The van der Waals surface area contributed by atoms with Gasteiger partial charge >= 0.3 is 5.97 Å². The number of carbonyl (C=O) groups excluding carboxylic acids is 1. The van der Waals surface area contributed by atoms with Crippen LogP contribution in [-0.4, -0.2) is 17.3 Å². The Balaban J connectivity index is 1.78. The highest BCUT2D eigenvalue weighted by Crippen LogP contribution is 2.40. The molecule has 1 aromatic carbocycles. The van der Waals surface area contributed by atoms with E-state index in [0.29, 0.717) is 5.92 Å². The van der Waals surface area contributed by atoms with Gasteiger partial charge in [0.1, 0.15) is 11.4 Å². The van der Waals surface area contributed by atoms with Crippen molar-refractivity contribution in [1.29, 1.82) is 0 Å². The number of allylic oxidation sites excluding steroid dienone is 2. The summed E-state index contributed by atoms with van der Waals surface area (Å²) in [6.07, 6.45) is 7.48. The molecule has 3 rings (SSSR count). The van der Waals surface area contributed by atoms with E-state index in [1.165, 1.54) is 0 Å². The Hall–Kier alpha value is -1.22. The maximum atomic E-state index is 12.0. The van der Waals surface area contributed by atoms with Crippen LogP contribution in [0.2, 0.25) is 0 Å². The second-order valence-corrected chi connectivity index (χ2v) is 5.99. The molecule has 0 bridgehead atoms. The number of carbonyl (C=O) groups is 1. The van der Waals surface area contributed by atoms with Gasteiger partial charge in [0, 0.05) is 10.8 Å². The molecule has 1 aliphatic carbocycles. The van der Waals surface area contributed by atoms with Crippen LogP contribution >= 0.6 is 11.8 Å². The monoisotopic (exact) mass is 260 g/mol. The standard InChI is InChI=1S/C15H16O2S/c16-15-14(18-11-7-3-1-4-8-11)12-9-5-2-6-10-13(12)17-15/h1-5,7-8,12-14H,6,9-10H2/t12-,13-,14+/m1/s1. The number of fused-ring (bicyclic) bond motifs is 1. The van der Waals surface area contributed by atoms with E-state index in [1.54, 1.807) is 11.8 Å². The fourth-order valence-corrected chi connectivity index (χ4v) is 3.86. The van der Waals surface area contributed by atoms with Crippen LogP contribution in [0.1, 0.15) is 19.3 Å². The van der Waals surface area contributed by atoms with E-state index in [2.05, 4.69) is 24.3 Å². The molecule has 1 aliphatic heterocycles. The van der Waals surface area contributed by atoms with Gasteiger partial charge in [0.15, 0.2) is 0 Å². The zero-order valence-corrected chi connectivity index (χ0v) is 10.9. The predicted octanol–water partition coefficient (Wildman–Crippen LogP) is 3.43. The molecule has 1 saturated heterocycles. The minimum Gasteiger partial charge on any atom is -0.461 e. The molecule has 1 heterocycles. The molecule has 2 nitrogen and oxygen atoms in total. The lowest BCUT2D eigenvalue weighted by molar-refractivity contribution is -0.141. The van der Waals surface area contributed by atoms with E-state index in [1.807, 2.05) is 18.2 Å². The largest absolute Gasteiger partial charge is 0.461 e. The summed E-state index contributed by atoms with van der Waals surface area (Å²) in [5.41, 5.74) is 0. The lowest BCUT2D eigenvalue weighted by Crippen LogP contribution is -2.21. The first-order valence-corrected chi connectivity index (χ1v) is 7.30. The SMILES string of the molecule is O=C1O[C@@H]2CCC=CC[C@H]2[C@@H]1Sc1ccccc1. The summed E-state index contributed by atoms with van der Waals surface area (Å²) in [5, 5.41) is -0.0415. The summed E-state index contributed by atoms with van der Waals surface area (Å²) in [6, 6.07) is 10.1. The molecule has 3 atom stereocenters. The van der Waals surface area contributed by atoms with Gasteiger partial charge in [0.05, 0.1) is 0 Å². The summed E-state index contributed by atoms with van der Waals surface area (Å²) >= 11 is 1.65. The Morgan fingerprint density at radius 1 is 1.17 bits per heavy atom. The van der Waals surface area contributed by atoms with Crippen molar-refractivity contribution in [1.82, 2.24) is 0 Å². The van der Waals surface area contributed by atoms with Crippen molar-refractivity contribution in [3.05, 3.63) is 42.5 Å². The molecule has 3 heteroatoms. The third kappa shape index (κ3) is 2.32. The number of benzene rings is 1. The molecular weight excluding hydrogens is 244 g/mol. The lowest BCUT2D eigenvalue weighted by Gasteiger charge is -2.17. The van der Waals surface area contributed by atoms with Crippen molar-refractivity contribution < 1.29 is 9.53 Å². The van der Waals surface area contributed by atoms with Gasteiger partial charge < -0.3 is 4.74 Å². The number of rotatable bonds is 2.